The number of methoxy groups -OCH3 is 1. The summed E-state index contributed by atoms with van der Waals surface area (Å²) in [7, 11) is 3.63. The highest BCUT2D eigenvalue weighted by Crippen LogP contribution is 2.28. The third-order valence-corrected chi connectivity index (χ3v) is 5.66. The molecule has 1 fully saturated rings. The van der Waals surface area contributed by atoms with Gasteiger partial charge in [-0.3, -0.25) is 4.79 Å². The van der Waals surface area contributed by atoms with Crippen LogP contribution >= 0.6 is 0 Å². The molecular weight excluding hydrogens is 342 g/mol. The predicted octanol–water partition coefficient (Wildman–Crippen LogP) is 2.71. The SMILES string of the molecule is COc1ccc2[nH]c(C(=O)N3CCC(Cc4nncn4C)CC3)c(C)c2c1. The molecule has 27 heavy (non-hydrogen) atoms. The number of aromatic nitrogens is 4. The Bertz CT molecular complexity index is 966. The number of hydrogen-bond acceptors (Lipinski definition) is 4. The lowest BCUT2D eigenvalue weighted by Gasteiger charge is -2.31. The molecule has 7 heteroatoms. The van der Waals surface area contributed by atoms with Crippen LogP contribution in [0.1, 0.15) is 34.7 Å². The zero-order valence-electron chi connectivity index (χ0n) is 16.0. The van der Waals surface area contributed by atoms with Crippen LogP contribution in [0, 0.1) is 12.8 Å². The van der Waals surface area contributed by atoms with Gasteiger partial charge in [0.25, 0.3) is 5.91 Å². The van der Waals surface area contributed by atoms with Gasteiger partial charge < -0.3 is 19.2 Å². The summed E-state index contributed by atoms with van der Waals surface area (Å²) in [6, 6.07) is 5.85. The second kappa shape index (κ2) is 7.06. The zero-order chi connectivity index (χ0) is 19.0. The number of carbonyl (C=O) groups excluding carboxylic acids is 1. The molecule has 2 aromatic heterocycles. The van der Waals surface area contributed by atoms with Crippen LogP contribution < -0.4 is 4.74 Å². The first-order valence-corrected chi connectivity index (χ1v) is 9.35. The minimum Gasteiger partial charge on any atom is -0.497 e. The second-order valence-corrected chi connectivity index (χ2v) is 7.33. The van der Waals surface area contributed by atoms with E-state index in [1.807, 2.05) is 41.6 Å². The summed E-state index contributed by atoms with van der Waals surface area (Å²) in [5, 5.41) is 9.16. The number of aryl methyl sites for hydroxylation is 2. The number of aromatic amines is 1. The van der Waals surface area contributed by atoms with Crippen molar-refractivity contribution in [2.75, 3.05) is 20.2 Å². The first kappa shape index (κ1) is 17.6. The van der Waals surface area contributed by atoms with Crippen molar-refractivity contribution < 1.29 is 9.53 Å². The summed E-state index contributed by atoms with van der Waals surface area (Å²) in [6.45, 7) is 3.55. The van der Waals surface area contributed by atoms with Gasteiger partial charge in [0.2, 0.25) is 0 Å². The standard InChI is InChI=1S/C20H25N5O2/c1-13-16-11-15(27-3)4-5-17(16)22-19(13)20(26)25-8-6-14(7-9-25)10-18-23-21-12-24(18)2/h4-5,11-12,14,22H,6-10H2,1-3H3. The van der Waals surface area contributed by atoms with E-state index < -0.39 is 0 Å². The average Bonchev–Trinajstić information content (AvgIpc) is 3.24. The molecule has 7 nitrogen and oxygen atoms in total. The third-order valence-electron chi connectivity index (χ3n) is 5.66. The molecular formula is C20H25N5O2. The highest BCUT2D eigenvalue weighted by molar-refractivity contribution is 6.01. The Labute approximate surface area is 158 Å². The van der Waals surface area contributed by atoms with Gasteiger partial charge in [-0.25, -0.2) is 0 Å². The summed E-state index contributed by atoms with van der Waals surface area (Å²) < 4.78 is 7.28. The van der Waals surface area contributed by atoms with E-state index in [9.17, 15) is 4.79 Å². The van der Waals surface area contributed by atoms with Crippen molar-refractivity contribution in [2.24, 2.45) is 13.0 Å². The highest BCUT2D eigenvalue weighted by atomic mass is 16.5. The van der Waals surface area contributed by atoms with Gasteiger partial charge in [0.05, 0.1) is 7.11 Å². The third kappa shape index (κ3) is 3.29. The maximum atomic E-state index is 13.1. The Hall–Kier alpha value is -2.83. The van der Waals surface area contributed by atoms with Crippen LogP contribution in [0.4, 0.5) is 0 Å². The Kier molecular flexibility index (Phi) is 4.59. The number of benzene rings is 1. The van der Waals surface area contributed by atoms with Crippen LogP contribution in [0.3, 0.4) is 0 Å². The highest BCUT2D eigenvalue weighted by Gasteiger charge is 2.27. The summed E-state index contributed by atoms with van der Waals surface area (Å²) in [6.07, 6.45) is 4.64. The molecule has 0 atom stereocenters. The largest absolute Gasteiger partial charge is 0.497 e. The molecule has 3 heterocycles. The lowest BCUT2D eigenvalue weighted by Crippen LogP contribution is -2.39. The number of piperidine rings is 1. The van der Waals surface area contributed by atoms with E-state index in [4.69, 9.17) is 4.74 Å². The summed E-state index contributed by atoms with van der Waals surface area (Å²) in [5.41, 5.74) is 2.63. The van der Waals surface area contributed by atoms with E-state index in [0.29, 0.717) is 11.6 Å². The van der Waals surface area contributed by atoms with Gasteiger partial charge in [-0.05, 0) is 49.4 Å². The van der Waals surface area contributed by atoms with Crippen molar-refractivity contribution in [1.29, 1.82) is 0 Å². The van der Waals surface area contributed by atoms with Crippen molar-refractivity contribution >= 4 is 16.8 Å². The molecule has 0 aliphatic carbocycles. The smallest absolute Gasteiger partial charge is 0.270 e. The molecule has 1 N–H and O–H groups in total. The number of rotatable bonds is 4. The number of nitrogens with one attached hydrogen (secondary N) is 1. The van der Waals surface area contributed by atoms with Gasteiger partial charge in [0, 0.05) is 37.5 Å². The van der Waals surface area contributed by atoms with Gasteiger partial charge in [0.15, 0.2) is 0 Å². The van der Waals surface area contributed by atoms with E-state index in [1.165, 1.54) is 0 Å². The minimum absolute atomic E-state index is 0.0831. The topological polar surface area (TPSA) is 76.0 Å². The van der Waals surface area contributed by atoms with Gasteiger partial charge >= 0.3 is 0 Å². The van der Waals surface area contributed by atoms with Crippen molar-refractivity contribution in [3.63, 3.8) is 0 Å². The molecule has 0 spiro atoms. The molecule has 1 aromatic carbocycles. The van der Waals surface area contributed by atoms with Crippen LogP contribution in [-0.2, 0) is 13.5 Å². The van der Waals surface area contributed by atoms with Crippen molar-refractivity contribution in [3.05, 3.63) is 41.6 Å². The Morgan fingerprint density at radius 3 is 2.78 bits per heavy atom. The van der Waals surface area contributed by atoms with Crippen LogP contribution in [0.2, 0.25) is 0 Å². The van der Waals surface area contributed by atoms with Gasteiger partial charge in [0.1, 0.15) is 23.6 Å². The van der Waals surface area contributed by atoms with Crippen LogP contribution in [0.25, 0.3) is 10.9 Å². The van der Waals surface area contributed by atoms with Crippen LogP contribution in [0.15, 0.2) is 24.5 Å². The van der Waals surface area contributed by atoms with E-state index in [2.05, 4.69) is 15.2 Å². The van der Waals surface area contributed by atoms with Crippen LogP contribution in [-0.4, -0.2) is 50.8 Å². The van der Waals surface area contributed by atoms with E-state index in [-0.39, 0.29) is 5.91 Å². The lowest BCUT2D eigenvalue weighted by atomic mass is 9.93. The normalized spacial score (nSPS) is 15.4. The Morgan fingerprint density at radius 1 is 1.33 bits per heavy atom. The Balaban J connectivity index is 1.45. The van der Waals surface area contributed by atoms with Crippen molar-refractivity contribution in [2.45, 2.75) is 26.2 Å². The zero-order valence-corrected chi connectivity index (χ0v) is 16.0. The fraction of sp³-hybridized carbons (Fsp3) is 0.450. The molecule has 0 saturated carbocycles. The molecule has 1 saturated heterocycles. The first-order chi connectivity index (χ1) is 13.1. The molecule has 0 bridgehead atoms. The monoisotopic (exact) mass is 367 g/mol. The lowest BCUT2D eigenvalue weighted by molar-refractivity contribution is 0.0684. The van der Waals surface area contributed by atoms with E-state index >= 15 is 0 Å². The maximum absolute atomic E-state index is 13.1. The quantitative estimate of drug-likeness (QED) is 0.769. The van der Waals surface area contributed by atoms with Crippen molar-refractivity contribution in [3.8, 4) is 5.75 Å². The summed E-state index contributed by atoms with van der Waals surface area (Å²) in [4.78, 5) is 18.3. The molecule has 142 valence electrons. The predicted molar refractivity (Wildman–Crippen MR) is 103 cm³/mol. The Morgan fingerprint density at radius 2 is 2.11 bits per heavy atom. The molecule has 0 radical (unpaired) electrons. The number of amides is 1. The minimum atomic E-state index is 0.0831. The number of nitrogens with zero attached hydrogens (tertiary/aromatic N) is 4. The number of fused-ring (bicyclic) bond motifs is 1. The fourth-order valence-corrected chi connectivity index (χ4v) is 3.89. The summed E-state index contributed by atoms with van der Waals surface area (Å²) in [5.74, 6) is 2.44. The number of hydrogen-bond donors (Lipinski definition) is 1. The molecule has 1 amide bonds. The molecule has 4 rings (SSSR count). The second-order valence-electron chi connectivity index (χ2n) is 7.33. The molecule has 0 unspecified atom stereocenters. The summed E-state index contributed by atoms with van der Waals surface area (Å²) >= 11 is 0. The van der Waals surface area contributed by atoms with Gasteiger partial charge in [-0.15, -0.1) is 10.2 Å². The van der Waals surface area contributed by atoms with Crippen LogP contribution in [0.5, 0.6) is 5.75 Å². The van der Waals surface area contributed by atoms with Gasteiger partial charge in [-0.2, -0.15) is 0 Å². The number of ether oxygens (including phenoxy) is 1. The first-order valence-electron chi connectivity index (χ1n) is 9.35. The number of carbonyl (C=O) groups is 1. The van der Waals surface area contributed by atoms with E-state index in [1.54, 1.807) is 13.4 Å². The molecule has 3 aromatic rings. The van der Waals surface area contributed by atoms with E-state index in [0.717, 1.165) is 60.4 Å². The number of H-pyrrole nitrogens is 1. The van der Waals surface area contributed by atoms with Gasteiger partial charge in [-0.1, -0.05) is 0 Å². The molecule has 1 aliphatic heterocycles. The number of likely N-dealkylation sites (tertiary alicyclic amines) is 1. The maximum Gasteiger partial charge on any atom is 0.270 e. The molecule has 1 aliphatic rings. The fourth-order valence-electron chi connectivity index (χ4n) is 3.89. The van der Waals surface area contributed by atoms with Crippen molar-refractivity contribution in [1.82, 2.24) is 24.6 Å². The average molecular weight is 367 g/mol.